The molecule has 13 heteroatoms. The van der Waals surface area contributed by atoms with Gasteiger partial charge in [0.25, 0.3) is 0 Å². The maximum Gasteiger partial charge on any atom is 0.348 e. The molecule has 0 spiro atoms. The molecule has 4 fully saturated rings. The van der Waals surface area contributed by atoms with E-state index in [-0.39, 0.29) is 18.6 Å². The zero-order valence-corrected chi connectivity index (χ0v) is 25.7. The van der Waals surface area contributed by atoms with E-state index in [1.165, 1.54) is 0 Å². The molecule has 11 atom stereocenters. The summed E-state index contributed by atoms with van der Waals surface area (Å²) in [5.74, 6) is -7.75. The summed E-state index contributed by atoms with van der Waals surface area (Å²) in [5.41, 5.74) is -4.56. The standard InChI is InChI=1S/C31H41NO12/c1-13(2)10-19(34)43-22-24-30(5)18(42-27(22)38)11-15-14(3)21(44-26(37)16-8-7-9-32-16)17(33)12-29(15,4)23(30)20(35)25(36)31(24,40)28(39)41-6/h10,15-16,18,20,22-25,32,35-36,40H,7-9,11-12H2,1-6H3/t15-,16-,18+,20+,22+,23?,24+,25-,29-,30+,31-/m0/s1. The van der Waals surface area contributed by atoms with Gasteiger partial charge < -0.3 is 39.6 Å². The number of ketones is 1. The summed E-state index contributed by atoms with van der Waals surface area (Å²) < 4.78 is 21.9. The van der Waals surface area contributed by atoms with E-state index in [0.29, 0.717) is 24.1 Å². The number of carbonyl (C=O) groups excluding carboxylic acids is 5. The van der Waals surface area contributed by atoms with E-state index in [1.54, 1.807) is 34.6 Å². The van der Waals surface area contributed by atoms with Crippen molar-refractivity contribution in [2.24, 2.45) is 28.6 Å². The lowest BCUT2D eigenvalue weighted by Gasteiger charge is -2.69. The first-order valence-electron chi connectivity index (χ1n) is 14.9. The van der Waals surface area contributed by atoms with Crippen LogP contribution in [0.5, 0.6) is 0 Å². The number of aliphatic hydroxyl groups excluding tert-OH is 2. The molecule has 242 valence electrons. The van der Waals surface area contributed by atoms with Crippen LogP contribution in [0.2, 0.25) is 0 Å². The SMILES string of the molecule is COC(=O)[C@@]1(O)[C@@H](O)[C@H](O)C2[C@@]3(C)[C@@H](C[C@H]4C(C)=C(OC(=O)[C@@H]5CCCN5)C(=O)C[C@]24C)OC(=O)[C@H](OC(=O)C=C(C)C)[C@@H]13. The highest BCUT2D eigenvalue weighted by molar-refractivity contribution is 5.98. The second kappa shape index (κ2) is 11.0. The van der Waals surface area contributed by atoms with Crippen LogP contribution in [0.3, 0.4) is 0 Å². The minimum Gasteiger partial charge on any atom is -0.467 e. The Bertz CT molecular complexity index is 1340. The van der Waals surface area contributed by atoms with Gasteiger partial charge in [-0.05, 0) is 63.5 Å². The van der Waals surface area contributed by atoms with Crippen molar-refractivity contribution in [3.05, 3.63) is 23.0 Å². The van der Waals surface area contributed by atoms with Crippen LogP contribution in [0.25, 0.3) is 0 Å². The molecule has 5 rings (SSSR count). The second-order valence-electron chi connectivity index (χ2n) is 13.6. The van der Waals surface area contributed by atoms with Crippen molar-refractivity contribution < 1.29 is 58.2 Å². The number of methoxy groups -OCH3 is 1. The van der Waals surface area contributed by atoms with Crippen LogP contribution in [-0.2, 0) is 42.9 Å². The number of aliphatic hydroxyl groups is 3. The topological polar surface area (TPSA) is 195 Å². The predicted octanol–water partition coefficient (Wildman–Crippen LogP) is 0.236. The molecule has 0 aromatic carbocycles. The molecule has 2 saturated heterocycles. The lowest BCUT2D eigenvalue weighted by Crippen LogP contribution is -2.81. The number of esters is 4. The number of carbonyl (C=O) groups is 5. The van der Waals surface area contributed by atoms with Gasteiger partial charge in [0.15, 0.2) is 17.1 Å². The lowest BCUT2D eigenvalue weighted by molar-refractivity contribution is -0.329. The summed E-state index contributed by atoms with van der Waals surface area (Å²) in [5, 5.41) is 38.3. The van der Waals surface area contributed by atoms with Crippen LogP contribution in [0.4, 0.5) is 0 Å². The van der Waals surface area contributed by atoms with E-state index in [4.69, 9.17) is 18.9 Å². The molecule has 2 heterocycles. The van der Waals surface area contributed by atoms with Crippen molar-refractivity contribution in [2.75, 3.05) is 13.7 Å². The molecule has 0 bridgehead atoms. The minimum atomic E-state index is -2.89. The van der Waals surface area contributed by atoms with Gasteiger partial charge in [-0.2, -0.15) is 0 Å². The van der Waals surface area contributed by atoms with Crippen LogP contribution in [0, 0.1) is 28.6 Å². The summed E-state index contributed by atoms with van der Waals surface area (Å²) >= 11 is 0. The number of allylic oxidation sites excluding steroid dienone is 3. The van der Waals surface area contributed by atoms with Gasteiger partial charge in [-0.25, -0.2) is 19.2 Å². The summed E-state index contributed by atoms with van der Waals surface area (Å²) in [6.07, 6.45) is -4.59. The molecule has 0 radical (unpaired) electrons. The van der Waals surface area contributed by atoms with Crippen molar-refractivity contribution >= 4 is 29.7 Å². The van der Waals surface area contributed by atoms with Gasteiger partial charge in [0, 0.05) is 23.8 Å². The zero-order chi connectivity index (χ0) is 32.5. The fourth-order valence-corrected chi connectivity index (χ4v) is 9.02. The average molecular weight is 620 g/mol. The van der Waals surface area contributed by atoms with Crippen molar-refractivity contribution in [1.29, 1.82) is 0 Å². The van der Waals surface area contributed by atoms with E-state index < -0.39 is 94.3 Å². The Kier molecular flexibility index (Phi) is 8.10. The molecular formula is C31H41NO12. The molecule has 3 aliphatic carbocycles. The Morgan fingerprint density at radius 1 is 1.11 bits per heavy atom. The highest BCUT2D eigenvalue weighted by Crippen LogP contribution is 2.69. The molecule has 0 aromatic heterocycles. The summed E-state index contributed by atoms with van der Waals surface area (Å²) in [6, 6.07) is -0.539. The first kappa shape index (κ1) is 32.3. The third kappa shape index (κ3) is 4.53. The summed E-state index contributed by atoms with van der Waals surface area (Å²) in [6.45, 7) is 8.91. The maximum atomic E-state index is 13.7. The normalized spacial score (nSPS) is 42.8. The number of fused-ring (bicyclic) bond motifs is 2. The number of Topliss-reactive ketones (excluding diaryl/α,β-unsaturated/α-hetero) is 1. The van der Waals surface area contributed by atoms with Gasteiger partial charge in [0.05, 0.1) is 19.1 Å². The Balaban J connectivity index is 1.64. The van der Waals surface area contributed by atoms with Gasteiger partial charge in [0.1, 0.15) is 18.2 Å². The van der Waals surface area contributed by atoms with E-state index in [1.807, 2.05) is 0 Å². The summed E-state index contributed by atoms with van der Waals surface area (Å²) in [7, 11) is 0.979. The van der Waals surface area contributed by atoms with Crippen molar-refractivity contribution in [2.45, 2.75) is 96.4 Å². The lowest BCUT2D eigenvalue weighted by atomic mass is 9.37. The molecule has 44 heavy (non-hydrogen) atoms. The van der Waals surface area contributed by atoms with Gasteiger partial charge in [-0.1, -0.05) is 19.4 Å². The minimum absolute atomic E-state index is 0.0717. The third-order valence-electron chi connectivity index (χ3n) is 10.8. The monoisotopic (exact) mass is 619 g/mol. The van der Waals surface area contributed by atoms with E-state index in [2.05, 4.69) is 5.32 Å². The molecule has 1 unspecified atom stereocenters. The molecule has 0 amide bonds. The van der Waals surface area contributed by atoms with Crippen molar-refractivity contribution in [1.82, 2.24) is 5.32 Å². The smallest absolute Gasteiger partial charge is 0.348 e. The third-order valence-corrected chi connectivity index (χ3v) is 10.8. The molecule has 5 aliphatic rings. The van der Waals surface area contributed by atoms with Crippen molar-refractivity contribution in [3.63, 3.8) is 0 Å². The Labute approximate surface area is 254 Å². The average Bonchev–Trinajstić information content (AvgIpc) is 3.48. The number of rotatable bonds is 5. The van der Waals surface area contributed by atoms with Crippen LogP contribution >= 0.6 is 0 Å². The van der Waals surface area contributed by atoms with Gasteiger partial charge in [-0.15, -0.1) is 0 Å². The molecule has 13 nitrogen and oxygen atoms in total. The largest absolute Gasteiger partial charge is 0.467 e. The van der Waals surface area contributed by atoms with Crippen LogP contribution in [0.15, 0.2) is 23.0 Å². The first-order chi connectivity index (χ1) is 20.5. The molecular weight excluding hydrogens is 578 g/mol. The maximum absolute atomic E-state index is 13.7. The van der Waals surface area contributed by atoms with E-state index in [0.717, 1.165) is 19.6 Å². The molecule has 4 N–H and O–H groups in total. The molecule has 0 aromatic rings. The molecule has 2 aliphatic heterocycles. The Hall–Kier alpha value is -3.13. The fourth-order valence-electron chi connectivity index (χ4n) is 9.02. The van der Waals surface area contributed by atoms with Crippen LogP contribution < -0.4 is 5.32 Å². The first-order valence-corrected chi connectivity index (χ1v) is 14.9. The highest BCUT2D eigenvalue weighted by atomic mass is 16.6. The van der Waals surface area contributed by atoms with Crippen LogP contribution in [0.1, 0.15) is 60.3 Å². The molecule has 2 saturated carbocycles. The van der Waals surface area contributed by atoms with E-state index >= 15 is 0 Å². The second-order valence-corrected chi connectivity index (χ2v) is 13.6. The number of ether oxygens (including phenoxy) is 4. The van der Waals surface area contributed by atoms with Crippen molar-refractivity contribution in [3.8, 4) is 0 Å². The quantitative estimate of drug-likeness (QED) is 0.186. The zero-order valence-electron chi connectivity index (χ0n) is 25.7. The van der Waals surface area contributed by atoms with Gasteiger partial charge in [0.2, 0.25) is 6.10 Å². The summed E-state index contributed by atoms with van der Waals surface area (Å²) in [4.78, 5) is 66.1. The van der Waals surface area contributed by atoms with E-state index in [9.17, 15) is 39.3 Å². The number of nitrogens with one attached hydrogen (secondary N) is 1. The Morgan fingerprint density at radius 2 is 1.80 bits per heavy atom. The predicted molar refractivity (Wildman–Crippen MR) is 149 cm³/mol. The van der Waals surface area contributed by atoms with Crippen LogP contribution in [-0.4, -0.2) is 94.7 Å². The highest BCUT2D eigenvalue weighted by Gasteiger charge is 2.79. The van der Waals surface area contributed by atoms with Gasteiger partial charge >= 0.3 is 23.9 Å². The fraction of sp³-hybridized carbons (Fsp3) is 0.710. The van der Waals surface area contributed by atoms with Gasteiger partial charge in [-0.3, -0.25) is 4.79 Å². The number of hydrogen-bond acceptors (Lipinski definition) is 13. The Morgan fingerprint density at radius 3 is 2.39 bits per heavy atom. The number of hydrogen-bond donors (Lipinski definition) is 4.